The van der Waals surface area contributed by atoms with Gasteiger partial charge in [-0.15, -0.1) is 0 Å². The van der Waals surface area contributed by atoms with Gasteiger partial charge in [0.1, 0.15) is 35.3 Å². The fourth-order valence-corrected chi connectivity index (χ4v) is 3.49. The molecule has 3 heterocycles. The molecule has 0 aliphatic heterocycles. The highest BCUT2D eigenvalue weighted by atomic mass is 16.5. The molecule has 4 rings (SSSR count). The van der Waals surface area contributed by atoms with Crippen LogP contribution < -0.4 is 10.5 Å². The Balaban J connectivity index is 1.45. The summed E-state index contributed by atoms with van der Waals surface area (Å²) in [5.74, 6) is 0.443. The number of carbonyl (C=O) groups is 2. The van der Waals surface area contributed by atoms with Gasteiger partial charge in [0.15, 0.2) is 12.4 Å². The Morgan fingerprint density at radius 2 is 1.83 bits per heavy atom. The zero-order valence-electron chi connectivity index (χ0n) is 19.7. The maximum Gasteiger partial charge on any atom is 0.342 e. The molecule has 0 amide bonds. The Hall–Kier alpha value is -4.41. The Morgan fingerprint density at radius 1 is 1.03 bits per heavy atom. The molecule has 0 saturated heterocycles. The van der Waals surface area contributed by atoms with Crippen LogP contribution in [0.5, 0.6) is 5.75 Å². The summed E-state index contributed by atoms with van der Waals surface area (Å²) in [5.41, 5.74) is 8.22. The van der Waals surface area contributed by atoms with Crippen LogP contribution in [0, 0.1) is 20.8 Å². The molecule has 11 nitrogen and oxygen atoms in total. The van der Waals surface area contributed by atoms with E-state index in [9.17, 15) is 9.59 Å². The number of aryl methyl sites for hydroxylation is 3. The number of anilines is 1. The Morgan fingerprint density at radius 3 is 2.54 bits per heavy atom. The summed E-state index contributed by atoms with van der Waals surface area (Å²) in [6.45, 7) is 7.14. The molecule has 0 aliphatic carbocycles. The lowest BCUT2D eigenvalue weighted by Gasteiger charge is -2.08. The first-order valence-electron chi connectivity index (χ1n) is 10.8. The van der Waals surface area contributed by atoms with Crippen LogP contribution in [0.3, 0.4) is 0 Å². The van der Waals surface area contributed by atoms with Crippen molar-refractivity contribution in [1.82, 2.24) is 15.1 Å². The molecule has 182 valence electrons. The largest absolute Gasteiger partial charge is 0.489 e. The van der Waals surface area contributed by atoms with E-state index in [1.54, 1.807) is 45.0 Å². The zero-order chi connectivity index (χ0) is 25.1. The number of nitrogens with zero attached hydrogens (tertiary/aromatic N) is 3. The van der Waals surface area contributed by atoms with Crippen molar-refractivity contribution in [2.45, 2.75) is 40.9 Å². The first kappa shape index (κ1) is 23.7. The number of rotatable bonds is 8. The van der Waals surface area contributed by atoms with E-state index in [2.05, 4.69) is 15.1 Å². The van der Waals surface area contributed by atoms with Crippen LogP contribution in [0.4, 0.5) is 5.82 Å². The zero-order valence-corrected chi connectivity index (χ0v) is 19.7. The second-order valence-corrected chi connectivity index (χ2v) is 7.65. The molecule has 2 N–H and O–H groups in total. The number of carbonyl (C=O) groups excluding carboxylic acids is 2. The molecule has 0 radical (unpaired) electrons. The lowest BCUT2D eigenvalue weighted by atomic mass is 10.2. The van der Waals surface area contributed by atoms with E-state index < -0.39 is 11.9 Å². The number of nitrogens with two attached hydrogens (primary N) is 1. The molecule has 0 aliphatic rings. The summed E-state index contributed by atoms with van der Waals surface area (Å²) in [6.07, 6.45) is 0. The van der Waals surface area contributed by atoms with Gasteiger partial charge in [0, 0.05) is 0 Å². The van der Waals surface area contributed by atoms with Crippen molar-refractivity contribution in [3.63, 3.8) is 0 Å². The van der Waals surface area contributed by atoms with Gasteiger partial charge < -0.3 is 28.9 Å². The number of nitrogen functional groups attached to an aromatic ring is 1. The van der Waals surface area contributed by atoms with Crippen molar-refractivity contribution in [3.8, 4) is 5.75 Å². The average molecular weight is 480 g/mol. The topological polar surface area (TPSA) is 153 Å². The molecule has 0 bridgehead atoms. The van der Waals surface area contributed by atoms with Crippen LogP contribution in [-0.4, -0.2) is 33.7 Å². The van der Waals surface area contributed by atoms with Crippen molar-refractivity contribution in [3.05, 3.63) is 64.0 Å². The van der Waals surface area contributed by atoms with Gasteiger partial charge in [-0.3, -0.25) is 0 Å². The van der Waals surface area contributed by atoms with E-state index in [0.29, 0.717) is 17.3 Å². The van der Waals surface area contributed by atoms with E-state index in [-0.39, 0.29) is 53.7 Å². The molecule has 11 heteroatoms. The Labute approximate surface area is 200 Å². The number of benzene rings is 1. The summed E-state index contributed by atoms with van der Waals surface area (Å²) in [5, 5.41) is 4.16. The number of furan rings is 1. The van der Waals surface area contributed by atoms with Gasteiger partial charge >= 0.3 is 11.9 Å². The number of esters is 2. The predicted molar refractivity (Wildman–Crippen MR) is 123 cm³/mol. The molecular formula is C24H24N4O7. The highest BCUT2D eigenvalue weighted by Gasteiger charge is 2.24. The number of hydrogen-bond acceptors (Lipinski definition) is 11. The lowest BCUT2D eigenvalue weighted by molar-refractivity contribution is 0.0460. The fourth-order valence-electron chi connectivity index (χ4n) is 3.49. The number of ether oxygens (including phenoxy) is 3. The predicted octanol–water partition coefficient (Wildman–Crippen LogP) is 3.83. The molecule has 3 aromatic heterocycles. The quantitative estimate of drug-likeness (QED) is 0.366. The van der Waals surface area contributed by atoms with Gasteiger partial charge in [-0.2, -0.15) is 4.98 Å². The monoisotopic (exact) mass is 480 g/mol. The number of fused-ring (bicyclic) bond motifs is 1. The third-order valence-corrected chi connectivity index (χ3v) is 5.25. The first-order valence-corrected chi connectivity index (χ1v) is 10.8. The van der Waals surface area contributed by atoms with E-state index >= 15 is 0 Å². The molecule has 0 atom stereocenters. The van der Waals surface area contributed by atoms with Crippen LogP contribution in [0.2, 0.25) is 0 Å². The van der Waals surface area contributed by atoms with Gasteiger partial charge in [-0.25, -0.2) is 14.6 Å². The minimum atomic E-state index is -0.599. The van der Waals surface area contributed by atoms with Crippen LogP contribution in [0.25, 0.3) is 11.1 Å². The minimum Gasteiger partial charge on any atom is -0.489 e. The van der Waals surface area contributed by atoms with Crippen LogP contribution in [0.15, 0.2) is 33.2 Å². The third kappa shape index (κ3) is 4.93. The van der Waals surface area contributed by atoms with Crippen molar-refractivity contribution < 1.29 is 32.7 Å². The van der Waals surface area contributed by atoms with Gasteiger partial charge in [0.2, 0.25) is 5.71 Å². The molecular weight excluding hydrogens is 456 g/mol. The van der Waals surface area contributed by atoms with Crippen LogP contribution in [0.1, 0.15) is 56.2 Å². The smallest absolute Gasteiger partial charge is 0.342 e. The van der Waals surface area contributed by atoms with Crippen LogP contribution >= 0.6 is 0 Å². The molecule has 0 spiro atoms. The number of aromatic nitrogens is 3. The van der Waals surface area contributed by atoms with Gasteiger partial charge in [-0.05, 0) is 45.9 Å². The molecule has 0 saturated carbocycles. The summed E-state index contributed by atoms with van der Waals surface area (Å²) in [7, 11) is 0. The van der Waals surface area contributed by atoms with E-state index in [1.807, 2.05) is 6.92 Å². The normalized spacial score (nSPS) is 11.0. The molecule has 0 fully saturated rings. The summed E-state index contributed by atoms with van der Waals surface area (Å²) in [6, 6.07) is 6.58. The number of hydrogen-bond donors (Lipinski definition) is 1. The van der Waals surface area contributed by atoms with E-state index in [0.717, 1.165) is 11.3 Å². The molecule has 4 aromatic rings. The SMILES string of the molecule is CCOC(=O)c1c(C)oc2nc(COC(=O)c3cccc(OCc4c(C)noc4C)c3)nc(N)c12. The van der Waals surface area contributed by atoms with Gasteiger partial charge in [0.25, 0.3) is 0 Å². The standard InChI is InChI=1S/C24H24N4O7/c1-5-31-24(30)19-14(4)34-22-20(19)21(25)26-18(27-22)11-33-23(29)15-7-6-8-16(9-15)32-10-17-12(2)28-35-13(17)3/h6-9H,5,10-11H2,1-4H3,(H2,25,26,27). The van der Waals surface area contributed by atoms with Crippen LogP contribution in [-0.2, 0) is 22.7 Å². The van der Waals surface area contributed by atoms with E-state index in [4.69, 9.17) is 28.9 Å². The van der Waals surface area contributed by atoms with Crippen molar-refractivity contribution in [2.24, 2.45) is 0 Å². The maximum atomic E-state index is 12.6. The second-order valence-electron chi connectivity index (χ2n) is 7.65. The third-order valence-electron chi connectivity index (χ3n) is 5.25. The highest BCUT2D eigenvalue weighted by Crippen LogP contribution is 2.29. The van der Waals surface area contributed by atoms with Crippen molar-refractivity contribution in [1.29, 1.82) is 0 Å². The van der Waals surface area contributed by atoms with Crippen molar-refractivity contribution >= 4 is 28.9 Å². The summed E-state index contributed by atoms with van der Waals surface area (Å²) in [4.78, 5) is 33.2. The second kappa shape index (κ2) is 9.84. The molecule has 1 aromatic carbocycles. The highest BCUT2D eigenvalue weighted by molar-refractivity contribution is 6.07. The van der Waals surface area contributed by atoms with Gasteiger partial charge in [0.05, 0.1) is 28.8 Å². The molecule has 35 heavy (non-hydrogen) atoms. The van der Waals surface area contributed by atoms with E-state index in [1.165, 1.54) is 0 Å². The lowest BCUT2D eigenvalue weighted by Crippen LogP contribution is -2.10. The summed E-state index contributed by atoms with van der Waals surface area (Å²) < 4.78 is 26.9. The Kier molecular flexibility index (Phi) is 6.67. The maximum absolute atomic E-state index is 12.6. The van der Waals surface area contributed by atoms with Gasteiger partial charge in [-0.1, -0.05) is 11.2 Å². The van der Waals surface area contributed by atoms with Crippen molar-refractivity contribution in [2.75, 3.05) is 12.3 Å². The fraction of sp³-hybridized carbons (Fsp3) is 0.292. The summed E-state index contributed by atoms with van der Waals surface area (Å²) >= 11 is 0. The Bertz CT molecular complexity index is 1390. The molecule has 0 unspecified atom stereocenters. The average Bonchev–Trinajstić information content (AvgIpc) is 3.34. The minimum absolute atomic E-state index is 0.0238. The first-order chi connectivity index (χ1) is 16.8.